The minimum absolute atomic E-state index is 0.693. The van der Waals surface area contributed by atoms with Crippen LogP contribution in [-0.2, 0) is 13.0 Å². The fraction of sp³-hybridized carbons (Fsp3) is 0.250. The Hall–Kier alpha value is -1.33. The van der Waals surface area contributed by atoms with Crippen LogP contribution in [0.1, 0.15) is 11.3 Å². The summed E-state index contributed by atoms with van der Waals surface area (Å²) in [5.74, 6) is 0.693. The van der Waals surface area contributed by atoms with Gasteiger partial charge in [-0.2, -0.15) is 0 Å². The molecule has 17 heavy (non-hydrogen) atoms. The van der Waals surface area contributed by atoms with Crippen LogP contribution in [0.3, 0.4) is 0 Å². The second kappa shape index (κ2) is 4.50. The van der Waals surface area contributed by atoms with Gasteiger partial charge in [0.1, 0.15) is 5.69 Å². The molecule has 3 rings (SSSR count). The number of aromatic nitrogens is 3. The molecule has 0 aromatic carbocycles. The van der Waals surface area contributed by atoms with Crippen LogP contribution in [0.2, 0.25) is 0 Å². The highest BCUT2D eigenvalue weighted by molar-refractivity contribution is 9.10. The maximum absolute atomic E-state index is 4.60. The summed E-state index contributed by atoms with van der Waals surface area (Å²) >= 11 is 3.47. The SMILES string of the molecule is Brc1cccnc1-c1ncc2c(n1)CCNC2. The number of halogens is 1. The Morgan fingerprint density at radius 3 is 3.12 bits per heavy atom. The van der Waals surface area contributed by atoms with Crippen molar-refractivity contribution in [3.05, 3.63) is 40.3 Å². The van der Waals surface area contributed by atoms with E-state index in [0.29, 0.717) is 5.82 Å². The van der Waals surface area contributed by atoms with E-state index in [1.807, 2.05) is 18.3 Å². The van der Waals surface area contributed by atoms with Gasteiger partial charge in [0, 0.05) is 41.9 Å². The van der Waals surface area contributed by atoms with Gasteiger partial charge >= 0.3 is 0 Å². The Balaban J connectivity index is 2.07. The van der Waals surface area contributed by atoms with Gasteiger partial charge in [-0.25, -0.2) is 9.97 Å². The molecule has 0 saturated carbocycles. The van der Waals surface area contributed by atoms with Gasteiger partial charge in [0.2, 0.25) is 0 Å². The van der Waals surface area contributed by atoms with E-state index in [2.05, 4.69) is 36.2 Å². The summed E-state index contributed by atoms with van der Waals surface area (Å²) in [6, 6.07) is 3.84. The van der Waals surface area contributed by atoms with Crippen molar-refractivity contribution in [1.82, 2.24) is 20.3 Å². The van der Waals surface area contributed by atoms with Crippen LogP contribution in [0.15, 0.2) is 29.0 Å². The molecule has 0 saturated heterocycles. The quantitative estimate of drug-likeness (QED) is 0.872. The molecule has 0 atom stereocenters. The Morgan fingerprint density at radius 2 is 2.24 bits per heavy atom. The van der Waals surface area contributed by atoms with Crippen molar-refractivity contribution in [2.75, 3.05) is 6.54 Å². The summed E-state index contributed by atoms with van der Waals surface area (Å²) in [6.45, 7) is 1.84. The van der Waals surface area contributed by atoms with Crippen molar-refractivity contribution in [3.8, 4) is 11.5 Å². The second-order valence-electron chi connectivity index (χ2n) is 3.93. The monoisotopic (exact) mass is 290 g/mol. The Morgan fingerprint density at radius 1 is 1.29 bits per heavy atom. The predicted molar refractivity (Wildman–Crippen MR) is 68.4 cm³/mol. The molecule has 86 valence electrons. The highest BCUT2D eigenvalue weighted by Crippen LogP contribution is 2.23. The third kappa shape index (κ3) is 2.08. The van der Waals surface area contributed by atoms with E-state index in [9.17, 15) is 0 Å². The van der Waals surface area contributed by atoms with Crippen molar-refractivity contribution >= 4 is 15.9 Å². The zero-order valence-electron chi connectivity index (χ0n) is 9.15. The molecular formula is C12H11BrN4. The number of rotatable bonds is 1. The Labute approximate surface area is 108 Å². The standard InChI is InChI=1S/C12H11BrN4/c13-9-2-1-4-15-11(9)12-16-7-8-6-14-5-3-10(8)17-12/h1-2,4,7,14H,3,5-6H2. The molecule has 0 unspecified atom stereocenters. The molecule has 1 N–H and O–H groups in total. The molecule has 4 nitrogen and oxygen atoms in total. The van der Waals surface area contributed by atoms with Crippen LogP contribution in [0.4, 0.5) is 0 Å². The fourth-order valence-corrected chi connectivity index (χ4v) is 2.33. The number of fused-ring (bicyclic) bond motifs is 1. The Kier molecular flexibility index (Phi) is 2.86. The lowest BCUT2D eigenvalue weighted by Gasteiger charge is -2.16. The average Bonchev–Trinajstić information content (AvgIpc) is 2.39. The van der Waals surface area contributed by atoms with Crippen LogP contribution < -0.4 is 5.32 Å². The van der Waals surface area contributed by atoms with E-state index in [0.717, 1.165) is 35.4 Å². The predicted octanol–water partition coefficient (Wildman–Crippen LogP) is 1.95. The largest absolute Gasteiger partial charge is 0.312 e. The summed E-state index contributed by atoms with van der Waals surface area (Å²) in [6.07, 6.45) is 4.60. The molecule has 0 fully saturated rings. The van der Waals surface area contributed by atoms with Crippen LogP contribution in [0, 0.1) is 0 Å². The Bertz CT molecular complexity index is 556. The van der Waals surface area contributed by atoms with Crippen LogP contribution in [0.5, 0.6) is 0 Å². The zero-order chi connectivity index (χ0) is 11.7. The lowest BCUT2D eigenvalue weighted by atomic mass is 10.1. The van der Waals surface area contributed by atoms with Crippen LogP contribution in [-0.4, -0.2) is 21.5 Å². The third-order valence-corrected chi connectivity index (χ3v) is 3.42. The van der Waals surface area contributed by atoms with Gasteiger partial charge < -0.3 is 5.32 Å². The number of hydrogen-bond donors (Lipinski definition) is 1. The van der Waals surface area contributed by atoms with E-state index in [1.165, 1.54) is 5.56 Å². The molecule has 0 radical (unpaired) electrons. The lowest BCUT2D eigenvalue weighted by Crippen LogP contribution is -2.25. The zero-order valence-corrected chi connectivity index (χ0v) is 10.7. The minimum atomic E-state index is 0.693. The molecule has 2 aromatic heterocycles. The average molecular weight is 291 g/mol. The molecule has 0 aliphatic carbocycles. The summed E-state index contributed by atoms with van der Waals surface area (Å²) in [7, 11) is 0. The molecule has 3 heterocycles. The first-order chi connectivity index (χ1) is 8.34. The maximum Gasteiger partial charge on any atom is 0.179 e. The van der Waals surface area contributed by atoms with Gasteiger partial charge in [0.05, 0.1) is 5.69 Å². The molecule has 0 bridgehead atoms. The molecule has 2 aromatic rings. The maximum atomic E-state index is 4.60. The number of hydrogen-bond acceptors (Lipinski definition) is 4. The van der Waals surface area contributed by atoms with Crippen molar-refractivity contribution in [1.29, 1.82) is 0 Å². The molecule has 0 spiro atoms. The highest BCUT2D eigenvalue weighted by atomic mass is 79.9. The van der Waals surface area contributed by atoms with Gasteiger partial charge in [-0.05, 0) is 28.1 Å². The van der Waals surface area contributed by atoms with Crippen LogP contribution >= 0.6 is 15.9 Å². The topological polar surface area (TPSA) is 50.7 Å². The van der Waals surface area contributed by atoms with E-state index < -0.39 is 0 Å². The summed E-state index contributed by atoms with van der Waals surface area (Å²) < 4.78 is 0.925. The van der Waals surface area contributed by atoms with Gasteiger partial charge in [0.25, 0.3) is 0 Å². The molecule has 0 amide bonds. The van der Waals surface area contributed by atoms with Gasteiger partial charge in [-0.1, -0.05) is 0 Å². The molecule has 1 aliphatic rings. The molecule has 1 aliphatic heterocycles. The first-order valence-electron chi connectivity index (χ1n) is 5.51. The van der Waals surface area contributed by atoms with Crippen molar-refractivity contribution < 1.29 is 0 Å². The van der Waals surface area contributed by atoms with Crippen molar-refractivity contribution in [3.63, 3.8) is 0 Å². The first-order valence-corrected chi connectivity index (χ1v) is 6.30. The molecular weight excluding hydrogens is 280 g/mol. The van der Waals surface area contributed by atoms with Crippen molar-refractivity contribution in [2.45, 2.75) is 13.0 Å². The highest BCUT2D eigenvalue weighted by Gasteiger charge is 2.14. The minimum Gasteiger partial charge on any atom is -0.312 e. The van der Waals surface area contributed by atoms with Gasteiger partial charge in [-0.15, -0.1) is 0 Å². The summed E-state index contributed by atoms with van der Waals surface area (Å²) in [5.41, 5.74) is 3.12. The third-order valence-electron chi connectivity index (χ3n) is 2.78. The lowest BCUT2D eigenvalue weighted by molar-refractivity contribution is 0.626. The fourth-order valence-electron chi connectivity index (χ4n) is 1.90. The van der Waals surface area contributed by atoms with E-state index in [-0.39, 0.29) is 0 Å². The number of nitrogens with one attached hydrogen (secondary N) is 1. The van der Waals surface area contributed by atoms with E-state index >= 15 is 0 Å². The summed E-state index contributed by atoms with van der Waals surface area (Å²) in [5, 5.41) is 3.31. The summed E-state index contributed by atoms with van der Waals surface area (Å²) in [4.78, 5) is 13.3. The normalized spacial score (nSPS) is 14.4. The first kappa shape index (κ1) is 10.8. The van der Waals surface area contributed by atoms with Crippen LogP contribution in [0.25, 0.3) is 11.5 Å². The number of pyridine rings is 1. The van der Waals surface area contributed by atoms with E-state index in [4.69, 9.17) is 0 Å². The van der Waals surface area contributed by atoms with Crippen molar-refractivity contribution in [2.24, 2.45) is 0 Å². The van der Waals surface area contributed by atoms with Gasteiger partial charge in [-0.3, -0.25) is 4.98 Å². The smallest absolute Gasteiger partial charge is 0.179 e. The molecule has 5 heteroatoms. The second-order valence-corrected chi connectivity index (χ2v) is 4.78. The number of nitrogens with zero attached hydrogens (tertiary/aromatic N) is 3. The van der Waals surface area contributed by atoms with Gasteiger partial charge in [0.15, 0.2) is 5.82 Å². The van der Waals surface area contributed by atoms with E-state index in [1.54, 1.807) is 6.20 Å².